The number of hydrogen-bond donors (Lipinski definition) is 1. The van der Waals surface area contributed by atoms with Gasteiger partial charge in [0, 0.05) is 6.07 Å². The number of hydrogen-bond acceptors (Lipinski definition) is 9. The third kappa shape index (κ3) is 5.67. The van der Waals surface area contributed by atoms with E-state index in [1.54, 1.807) is 49.6 Å². The Kier molecular flexibility index (Phi) is 6.85. The average molecular weight is 512 g/mol. The van der Waals surface area contributed by atoms with Crippen LogP contribution < -0.4 is 14.2 Å². The highest BCUT2D eigenvalue weighted by molar-refractivity contribution is 8.18. The van der Waals surface area contributed by atoms with Crippen molar-refractivity contribution in [1.82, 2.24) is 5.32 Å². The summed E-state index contributed by atoms with van der Waals surface area (Å²) >= 11 is 1.12. The van der Waals surface area contributed by atoms with Crippen molar-refractivity contribution in [2.75, 3.05) is 7.11 Å². The Hall–Kier alpha value is -4.16. The van der Waals surface area contributed by atoms with Gasteiger partial charge in [0.05, 0.1) is 22.6 Å². The number of methoxy groups -OCH3 is 1. The SMILES string of the molecule is COc1ccc(N=C2NC(=O)/C(=C/c3cccc(OS(=O)(=O)c4ccccc4[N+](=O)[O-])c3)S2)cc1. The van der Waals surface area contributed by atoms with E-state index >= 15 is 0 Å². The fourth-order valence-corrected chi connectivity index (χ4v) is 4.99. The number of carbonyl (C=O) groups excluding carboxylic acids is 1. The lowest BCUT2D eigenvalue weighted by Gasteiger charge is -2.08. The van der Waals surface area contributed by atoms with E-state index in [1.165, 1.54) is 24.3 Å². The summed E-state index contributed by atoms with van der Waals surface area (Å²) in [5.41, 5.74) is 0.530. The number of amides is 1. The first kappa shape index (κ1) is 24.0. The molecule has 0 unspecified atom stereocenters. The first-order chi connectivity index (χ1) is 16.7. The van der Waals surface area contributed by atoms with Crippen LogP contribution in [-0.4, -0.2) is 31.5 Å². The van der Waals surface area contributed by atoms with Crippen molar-refractivity contribution < 1.29 is 27.1 Å². The van der Waals surface area contributed by atoms with Crippen molar-refractivity contribution in [3.05, 3.63) is 93.4 Å². The van der Waals surface area contributed by atoms with Crippen LogP contribution in [0.4, 0.5) is 11.4 Å². The van der Waals surface area contributed by atoms with Crippen LogP contribution in [0, 0.1) is 10.1 Å². The van der Waals surface area contributed by atoms with Gasteiger partial charge >= 0.3 is 10.1 Å². The molecule has 0 bridgehead atoms. The van der Waals surface area contributed by atoms with E-state index < -0.39 is 25.6 Å². The second kappa shape index (κ2) is 9.99. The molecular weight excluding hydrogens is 494 g/mol. The molecule has 1 amide bonds. The molecule has 0 atom stereocenters. The summed E-state index contributed by atoms with van der Waals surface area (Å²) in [6.45, 7) is 0. The van der Waals surface area contributed by atoms with Crippen LogP contribution in [0.25, 0.3) is 6.08 Å². The van der Waals surface area contributed by atoms with Crippen LogP contribution in [0.5, 0.6) is 11.5 Å². The smallest absolute Gasteiger partial charge is 0.346 e. The number of benzene rings is 3. The van der Waals surface area contributed by atoms with E-state index in [0.29, 0.717) is 27.1 Å². The lowest BCUT2D eigenvalue weighted by molar-refractivity contribution is -0.387. The zero-order valence-corrected chi connectivity index (χ0v) is 19.7. The van der Waals surface area contributed by atoms with Crippen LogP contribution in [-0.2, 0) is 14.9 Å². The second-order valence-corrected chi connectivity index (χ2v) is 9.56. The van der Waals surface area contributed by atoms with Crippen LogP contribution in [0.15, 0.2) is 87.6 Å². The molecule has 178 valence electrons. The number of para-hydroxylation sites is 1. The molecule has 1 saturated heterocycles. The Labute approximate surface area is 204 Å². The van der Waals surface area contributed by atoms with Crippen LogP contribution >= 0.6 is 11.8 Å². The summed E-state index contributed by atoms with van der Waals surface area (Å²) in [4.78, 5) is 27.0. The highest BCUT2D eigenvalue weighted by Crippen LogP contribution is 2.30. The van der Waals surface area contributed by atoms with Gasteiger partial charge in [0.25, 0.3) is 11.6 Å². The van der Waals surface area contributed by atoms with Gasteiger partial charge in [0.15, 0.2) is 10.1 Å². The molecule has 12 heteroatoms. The molecule has 1 N–H and O–H groups in total. The summed E-state index contributed by atoms with van der Waals surface area (Å²) in [5.74, 6) is 0.262. The van der Waals surface area contributed by atoms with E-state index in [9.17, 15) is 23.3 Å². The lowest BCUT2D eigenvalue weighted by atomic mass is 10.2. The maximum atomic E-state index is 12.7. The zero-order valence-electron chi connectivity index (χ0n) is 18.1. The topological polar surface area (TPSA) is 137 Å². The standard InChI is InChI=1S/C23H17N3O7S2/c1-32-17-11-9-16(10-12-17)24-23-25-22(27)20(34-23)14-15-5-4-6-18(13-15)33-35(30,31)21-8-3-2-7-19(21)26(28)29/h2-14H,1H3,(H,24,25,27)/b20-14-. The van der Waals surface area contributed by atoms with E-state index in [1.807, 2.05) is 0 Å². The Morgan fingerprint density at radius 3 is 2.49 bits per heavy atom. The van der Waals surface area contributed by atoms with Crippen molar-refractivity contribution in [1.29, 1.82) is 0 Å². The van der Waals surface area contributed by atoms with Gasteiger partial charge in [-0.15, -0.1) is 0 Å². The average Bonchev–Trinajstić information content (AvgIpc) is 3.17. The summed E-state index contributed by atoms with van der Waals surface area (Å²) in [6.07, 6.45) is 1.56. The molecule has 10 nitrogen and oxygen atoms in total. The molecule has 0 saturated carbocycles. The van der Waals surface area contributed by atoms with Crippen LogP contribution in [0.3, 0.4) is 0 Å². The Balaban J connectivity index is 1.54. The number of nitrogens with one attached hydrogen (secondary N) is 1. The Morgan fingerprint density at radius 1 is 1.03 bits per heavy atom. The molecular formula is C23H17N3O7S2. The third-order valence-electron chi connectivity index (χ3n) is 4.65. The van der Waals surface area contributed by atoms with Gasteiger partial charge < -0.3 is 14.2 Å². The molecule has 4 rings (SSSR count). The summed E-state index contributed by atoms with van der Waals surface area (Å²) in [6, 6.07) is 17.9. The van der Waals surface area contributed by atoms with Crippen molar-refractivity contribution in [3.63, 3.8) is 0 Å². The van der Waals surface area contributed by atoms with E-state index in [4.69, 9.17) is 8.92 Å². The number of rotatable bonds is 7. The lowest BCUT2D eigenvalue weighted by Crippen LogP contribution is -2.19. The number of aliphatic imine (C=N–C) groups is 1. The van der Waals surface area contributed by atoms with Crippen LogP contribution in [0.2, 0.25) is 0 Å². The minimum atomic E-state index is -4.47. The quantitative estimate of drug-likeness (QED) is 0.215. The van der Waals surface area contributed by atoms with Crippen molar-refractivity contribution in [2.45, 2.75) is 4.90 Å². The summed E-state index contributed by atoms with van der Waals surface area (Å²) < 4.78 is 35.6. The molecule has 1 aliphatic heterocycles. The zero-order chi connectivity index (χ0) is 25.0. The third-order valence-corrected chi connectivity index (χ3v) is 6.85. The monoisotopic (exact) mass is 511 g/mol. The van der Waals surface area contributed by atoms with Gasteiger partial charge in [-0.1, -0.05) is 24.3 Å². The minimum absolute atomic E-state index is 0.0620. The number of thioether (sulfide) groups is 1. The Bertz CT molecular complexity index is 1470. The van der Waals surface area contributed by atoms with Gasteiger partial charge in [-0.25, -0.2) is 4.99 Å². The first-order valence-corrected chi connectivity index (χ1v) is 12.2. The number of nitro benzene ring substituents is 1. The molecule has 3 aromatic rings. The van der Waals surface area contributed by atoms with Gasteiger partial charge in [-0.05, 0) is 65.9 Å². The van der Waals surface area contributed by atoms with Crippen molar-refractivity contribution >= 4 is 50.4 Å². The van der Waals surface area contributed by atoms with E-state index in [0.717, 1.165) is 23.9 Å². The number of carbonyl (C=O) groups is 1. The molecule has 1 fully saturated rings. The predicted molar refractivity (Wildman–Crippen MR) is 131 cm³/mol. The maximum absolute atomic E-state index is 12.7. The van der Waals surface area contributed by atoms with E-state index in [-0.39, 0.29) is 11.7 Å². The minimum Gasteiger partial charge on any atom is -0.497 e. The molecule has 1 aliphatic rings. The fraction of sp³-hybridized carbons (Fsp3) is 0.0435. The maximum Gasteiger partial charge on any atom is 0.346 e. The molecule has 1 heterocycles. The molecule has 0 spiro atoms. The largest absolute Gasteiger partial charge is 0.497 e. The summed E-state index contributed by atoms with van der Waals surface area (Å²) in [5, 5.41) is 14.3. The highest BCUT2D eigenvalue weighted by Gasteiger charge is 2.27. The van der Waals surface area contributed by atoms with Crippen molar-refractivity contribution in [2.24, 2.45) is 4.99 Å². The highest BCUT2D eigenvalue weighted by atomic mass is 32.2. The fourth-order valence-electron chi connectivity index (χ4n) is 3.05. The Morgan fingerprint density at radius 2 is 1.77 bits per heavy atom. The number of ether oxygens (including phenoxy) is 1. The predicted octanol–water partition coefficient (Wildman–Crippen LogP) is 4.26. The normalized spacial score (nSPS) is 15.7. The molecule has 0 aromatic heterocycles. The molecule has 0 aliphatic carbocycles. The number of nitro groups is 1. The van der Waals surface area contributed by atoms with E-state index in [2.05, 4.69) is 10.3 Å². The van der Waals surface area contributed by atoms with Gasteiger partial charge in [0.2, 0.25) is 0 Å². The number of nitrogens with zero attached hydrogens (tertiary/aromatic N) is 2. The first-order valence-electron chi connectivity index (χ1n) is 9.97. The summed E-state index contributed by atoms with van der Waals surface area (Å²) in [7, 11) is -2.91. The van der Waals surface area contributed by atoms with Gasteiger partial charge in [0.1, 0.15) is 11.5 Å². The second-order valence-electron chi connectivity index (χ2n) is 7.01. The van der Waals surface area contributed by atoms with Crippen LogP contribution in [0.1, 0.15) is 5.56 Å². The molecule has 35 heavy (non-hydrogen) atoms. The van der Waals surface area contributed by atoms with Gasteiger partial charge in [-0.2, -0.15) is 8.42 Å². The van der Waals surface area contributed by atoms with Crippen molar-refractivity contribution in [3.8, 4) is 11.5 Å². The van der Waals surface area contributed by atoms with Gasteiger partial charge in [-0.3, -0.25) is 14.9 Å². The number of amidine groups is 1. The molecule has 3 aromatic carbocycles. The molecule has 0 radical (unpaired) electrons.